The molecule has 1 aliphatic heterocycles. The molecule has 2 amide bonds. The molecule has 152 valence electrons. The van der Waals surface area contributed by atoms with Crippen molar-refractivity contribution in [1.82, 2.24) is 10.2 Å². The van der Waals surface area contributed by atoms with Crippen LogP contribution in [0.5, 0.6) is 11.5 Å². The summed E-state index contributed by atoms with van der Waals surface area (Å²) in [5.74, 6) is 1.58. The molecule has 2 aromatic rings. The molecule has 0 aromatic heterocycles. The summed E-state index contributed by atoms with van der Waals surface area (Å²) >= 11 is 0. The fourth-order valence-corrected chi connectivity index (χ4v) is 4.02. The molecular formula is C23H26N2O4. The van der Waals surface area contributed by atoms with Crippen molar-refractivity contribution >= 4 is 11.8 Å². The van der Waals surface area contributed by atoms with Gasteiger partial charge in [-0.3, -0.25) is 9.59 Å². The average molecular weight is 394 g/mol. The van der Waals surface area contributed by atoms with E-state index in [9.17, 15) is 9.59 Å². The Bertz CT molecular complexity index is 910. The van der Waals surface area contributed by atoms with E-state index in [2.05, 4.69) is 5.32 Å². The third-order valence-corrected chi connectivity index (χ3v) is 5.80. The second-order valence-corrected chi connectivity index (χ2v) is 7.65. The lowest BCUT2D eigenvalue weighted by Gasteiger charge is -2.25. The number of nitrogens with zero attached hydrogens (tertiary/aromatic N) is 1. The Morgan fingerprint density at radius 3 is 2.52 bits per heavy atom. The number of hydrogen-bond donors (Lipinski definition) is 1. The Kier molecular flexibility index (Phi) is 5.43. The van der Waals surface area contributed by atoms with Crippen LogP contribution >= 0.6 is 0 Å². The van der Waals surface area contributed by atoms with Crippen LogP contribution in [0.15, 0.2) is 42.5 Å². The zero-order valence-corrected chi connectivity index (χ0v) is 16.8. The lowest BCUT2D eigenvalue weighted by molar-refractivity contribution is -0.121. The predicted octanol–water partition coefficient (Wildman–Crippen LogP) is 3.60. The van der Waals surface area contributed by atoms with Crippen LogP contribution in [0.2, 0.25) is 0 Å². The van der Waals surface area contributed by atoms with E-state index in [4.69, 9.17) is 9.47 Å². The third-order valence-electron chi connectivity index (χ3n) is 5.80. The van der Waals surface area contributed by atoms with Crippen LogP contribution in [0, 0.1) is 0 Å². The van der Waals surface area contributed by atoms with Gasteiger partial charge in [0.15, 0.2) is 11.5 Å². The zero-order valence-electron chi connectivity index (χ0n) is 16.8. The Hall–Kier alpha value is -3.02. The molecule has 1 saturated carbocycles. The summed E-state index contributed by atoms with van der Waals surface area (Å²) in [5.41, 5.74) is 2.70. The summed E-state index contributed by atoms with van der Waals surface area (Å²) in [6.45, 7) is 2.10. The molecule has 1 unspecified atom stereocenters. The SMILES string of the molecule is CCC(=O)NC1CC[C@@H](N(C)C(=O)c2ccc(-c3ccc4c(c3)OCO4)cc2)C1. The molecule has 2 atom stereocenters. The van der Waals surface area contributed by atoms with Gasteiger partial charge in [-0.15, -0.1) is 0 Å². The molecule has 6 nitrogen and oxygen atoms in total. The maximum atomic E-state index is 12.9. The van der Waals surface area contributed by atoms with Gasteiger partial charge in [-0.25, -0.2) is 0 Å². The second kappa shape index (κ2) is 8.15. The normalized spacial score (nSPS) is 19.8. The van der Waals surface area contributed by atoms with Gasteiger partial charge in [0.25, 0.3) is 5.91 Å². The van der Waals surface area contributed by atoms with Gasteiger partial charge in [0.1, 0.15) is 0 Å². The molecule has 1 fully saturated rings. The highest BCUT2D eigenvalue weighted by atomic mass is 16.7. The molecule has 0 spiro atoms. The van der Waals surface area contributed by atoms with E-state index in [1.54, 1.807) is 0 Å². The van der Waals surface area contributed by atoms with Gasteiger partial charge < -0.3 is 19.7 Å². The number of ether oxygens (including phenoxy) is 2. The van der Waals surface area contributed by atoms with E-state index in [1.807, 2.05) is 61.3 Å². The maximum absolute atomic E-state index is 12.9. The summed E-state index contributed by atoms with van der Waals surface area (Å²) in [6, 6.07) is 13.8. The standard InChI is InChI=1S/C23H26N2O4/c1-3-22(26)24-18-9-10-19(13-18)25(2)23(27)16-6-4-15(5-7-16)17-8-11-20-21(12-17)29-14-28-20/h4-8,11-12,18-19H,3,9-10,13-14H2,1-2H3,(H,24,26)/t18?,19-/m1/s1. The van der Waals surface area contributed by atoms with E-state index in [-0.39, 0.29) is 30.7 Å². The molecule has 0 saturated heterocycles. The first-order valence-corrected chi connectivity index (χ1v) is 10.1. The van der Waals surface area contributed by atoms with Gasteiger partial charge in [0.05, 0.1) is 0 Å². The van der Waals surface area contributed by atoms with Gasteiger partial charge in [-0.05, 0) is 54.7 Å². The topological polar surface area (TPSA) is 67.9 Å². The molecule has 1 N–H and O–H groups in total. The number of carbonyl (C=O) groups is 2. The highest BCUT2D eigenvalue weighted by molar-refractivity contribution is 5.94. The van der Waals surface area contributed by atoms with E-state index >= 15 is 0 Å². The quantitative estimate of drug-likeness (QED) is 0.841. The molecule has 0 bridgehead atoms. The predicted molar refractivity (Wildman–Crippen MR) is 110 cm³/mol. The van der Waals surface area contributed by atoms with Crippen molar-refractivity contribution in [2.24, 2.45) is 0 Å². The number of rotatable bonds is 5. The van der Waals surface area contributed by atoms with Gasteiger partial charge in [0.2, 0.25) is 12.7 Å². The van der Waals surface area contributed by atoms with E-state index < -0.39 is 0 Å². The molecule has 2 aromatic carbocycles. The van der Waals surface area contributed by atoms with Crippen LogP contribution in [0.3, 0.4) is 0 Å². The molecule has 29 heavy (non-hydrogen) atoms. The fourth-order valence-electron chi connectivity index (χ4n) is 4.02. The number of carbonyl (C=O) groups excluding carboxylic acids is 2. The van der Waals surface area contributed by atoms with E-state index in [1.165, 1.54) is 0 Å². The molecule has 1 aliphatic carbocycles. The number of nitrogens with one attached hydrogen (secondary N) is 1. The minimum absolute atomic E-state index is 0.00899. The van der Waals surface area contributed by atoms with Crippen molar-refractivity contribution < 1.29 is 19.1 Å². The van der Waals surface area contributed by atoms with Crippen LogP contribution < -0.4 is 14.8 Å². The van der Waals surface area contributed by atoms with Crippen LogP contribution in [0.25, 0.3) is 11.1 Å². The van der Waals surface area contributed by atoms with Crippen LogP contribution in [0.4, 0.5) is 0 Å². The number of amides is 2. The monoisotopic (exact) mass is 394 g/mol. The van der Waals surface area contributed by atoms with Crippen molar-refractivity contribution in [1.29, 1.82) is 0 Å². The van der Waals surface area contributed by atoms with Crippen LogP contribution in [-0.2, 0) is 4.79 Å². The summed E-state index contributed by atoms with van der Waals surface area (Å²) < 4.78 is 10.8. The third kappa shape index (κ3) is 4.06. The Balaban J connectivity index is 1.41. The maximum Gasteiger partial charge on any atom is 0.253 e. The van der Waals surface area contributed by atoms with E-state index in [0.29, 0.717) is 12.0 Å². The summed E-state index contributed by atoms with van der Waals surface area (Å²) in [7, 11) is 1.85. The molecule has 0 radical (unpaired) electrons. The molecular weight excluding hydrogens is 368 g/mol. The van der Waals surface area contributed by atoms with Crippen molar-refractivity contribution in [2.75, 3.05) is 13.8 Å². The van der Waals surface area contributed by atoms with Gasteiger partial charge in [-0.2, -0.15) is 0 Å². The molecule has 4 rings (SSSR count). The first-order valence-electron chi connectivity index (χ1n) is 10.1. The van der Waals surface area contributed by atoms with Gasteiger partial charge >= 0.3 is 0 Å². The first kappa shape index (κ1) is 19.3. The Labute approximate surface area is 170 Å². The van der Waals surface area contributed by atoms with Crippen molar-refractivity contribution in [3.05, 3.63) is 48.0 Å². The summed E-state index contributed by atoms with van der Waals surface area (Å²) in [6.07, 6.45) is 3.12. The first-order chi connectivity index (χ1) is 14.0. The van der Waals surface area contributed by atoms with Crippen molar-refractivity contribution in [2.45, 2.75) is 44.7 Å². The molecule has 6 heteroatoms. The smallest absolute Gasteiger partial charge is 0.253 e. The fraction of sp³-hybridized carbons (Fsp3) is 0.391. The largest absolute Gasteiger partial charge is 0.454 e. The number of hydrogen-bond acceptors (Lipinski definition) is 4. The number of fused-ring (bicyclic) bond motifs is 1. The van der Waals surface area contributed by atoms with Crippen molar-refractivity contribution in [3.8, 4) is 22.6 Å². The van der Waals surface area contributed by atoms with Gasteiger partial charge in [-0.1, -0.05) is 25.1 Å². The molecule has 1 heterocycles. The average Bonchev–Trinajstić information content (AvgIpc) is 3.41. The summed E-state index contributed by atoms with van der Waals surface area (Å²) in [4.78, 5) is 26.3. The summed E-state index contributed by atoms with van der Waals surface area (Å²) in [5, 5.41) is 3.04. The number of benzene rings is 2. The van der Waals surface area contributed by atoms with Crippen molar-refractivity contribution in [3.63, 3.8) is 0 Å². The minimum atomic E-state index is 0.00899. The highest BCUT2D eigenvalue weighted by Crippen LogP contribution is 2.36. The highest BCUT2D eigenvalue weighted by Gasteiger charge is 2.30. The lowest BCUT2D eigenvalue weighted by Crippen LogP contribution is -2.38. The second-order valence-electron chi connectivity index (χ2n) is 7.65. The zero-order chi connectivity index (χ0) is 20.4. The Morgan fingerprint density at radius 1 is 1.03 bits per heavy atom. The van der Waals surface area contributed by atoms with Crippen LogP contribution in [-0.4, -0.2) is 42.6 Å². The lowest BCUT2D eigenvalue weighted by atomic mass is 10.0. The van der Waals surface area contributed by atoms with Gasteiger partial charge in [0, 0.05) is 31.1 Å². The van der Waals surface area contributed by atoms with Crippen LogP contribution in [0.1, 0.15) is 43.0 Å². The minimum Gasteiger partial charge on any atom is -0.454 e. The van der Waals surface area contributed by atoms with E-state index in [0.717, 1.165) is 41.9 Å². The molecule has 2 aliphatic rings. The Morgan fingerprint density at radius 2 is 1.76 bits per heavy atom.